The van der Waals surface area contributed by atoms with E-state index in [-0.39, 0.29) is 10.7 Å². The summed E-state index contributed by atoms with van der Waals surface area (Å²) in [6, 6.07) is 4.06. The van der Waals surface area contributed by atoms with Crippen molar-refractivity contribution in [2.45, 2.75) is 0 Å². The van der Waals surface area contributed by atoms with Gasteiger partial charge in [-0.3, -0.25) is 9.36 Å². The van der Waals surface area contributed by atoms with Gasteiger partial charge < -0.3 is 0 Å². The van der Waals surface area contributed by atoms with E-state index in [2.05, 4.69) is 9.97 Å². The van der Waals surface area contributed by atoms with Crippen LogP contribution in [0.15, 0.2) is 27.8 Å². The normalized spacial score (nSPS) is 11.2. The van der Waals surface area contributed by atoms with E-state index < -0.39 is 17.1 Å². The molecule has 0 fully saturated rings. The molecule has 0 aliphatic carbocycles. The number of aromatic nitrogens is 3. The van der Waals surface area contributed by atoms with E-state index >= 15 is 0 Å². The van der Waals surface area contributed by atoms with E-state index in [4.69, 9.17) is 0 Å². The second-order valence-corrected chi connectivity index (χ2v) is 4.77. The first-order valence-corrected chi connectivity index (χ1v) is 5.85. The van der Waals surface area contributed by atoms with Crippen molar-refractivity contribution in [3.05, 3.63) is 44.9 Å². The van der Waals surface area contributed by atoms with Crippen LogP contribution >= 0.6 is 11.3 Å². The molecule has 0 bridgehead atoms. The second-order valence-electron chi connectivity index (χ2n) is 3.74. The third-order valence-corrected chi connectivity index (χ3v) is 3.58. The maximum Gasteiger partial charge on any atom is 0.351 e. The SMILES string of the molecule is Cn1c(=O)nc2sc3cc(F)ccc3nc-2c1=O. The number of hydrogen-bond donors (Lipinski definition) is 0. The summed E-state index contributed by atoms with van der Waals surface area (Å²) in [5.41, 5.74) is -0.499. The first kappa shape index (κ1) is 11.0. The fourth-order valence-electron chi connectivity index (χ4n) is 1.61. The predicted octanol–water partition coefficient (Wildman–Crippen LogP) is 0.994. The molecule has 0 aromatic heterocycles. The molecule has 0 saturated heterocycles. The summed E-state index contributed by atoms with van der Waals surface area (Å²) in [5, 5.41) is 0.223. The number of rotatable bonds is 0. The van der Waals surface area contributed by atoms with Gasteiger partial charge in [0.1, 0.15) is 5.82 Å². The van der Waals surface area contributed by atoms with Gasteiger partial charge in [-0.1, -0.05) is 0 Å². The Balaban J connectivity index is 2.54. The summed E-state index contributed by atoms with van der Waals surface area (Å²) in [5.74, 6) is -0.397. The minimum Gasteiger partial charge on any atom is -0.267 e. The molecular weight excluding hydrogens is 257 g/mol. The van der Waals surface area contributed by atoms with Gasteiger partial charge in [0.2, 0.25) is 0 Å². The third kappa shape index (κ3) is 1.52. The van der Waals surface area contributed by atoms with Crippen LogP contribution in [0, 0.1) is 5.82 Å². The summed E-state index contributed by atoms with van der Waals surface area (Å²) in [4.78, 5) is 31.2. The zero-order valence-corrected chi connectivity index (χ0v) is 9.99. The highest BCUT2D eigenvalue weighted by Gasteiger charge is 2.16. The van der Waals surface area contributed by atoms with Crippen LogP contribution in [0.25, 0.3) is 20.9 Å². The Kier molecular flexibility index (Phi) is 2.24. The van der Waals surface area contributed by atoms with E-state index in [9.17, 15) is 14.0 Å². The Bertz CT molecular complexity index is 855. The second kappa shape index (κ2) is 3.67. The number of halogens is 1. The Morgan fingerprint density at radius 1 is 1.28 bits per heavy atom. The zero-order valence-electron chi connectivity index (χ0n) is 9.18. The van der Waals surface area contributed by atoms with E-state index in [1.54, 1.807) is 0 Å². The van der Waals surface area contributed by atoms with Crippen LogP contribution in [0.4, 0.5) is 4.39 Å². The summed E-state index contributed by atoms with van der Waals surface area (Å²) in [7, 11) is 1.35. The highest BCUT2D eigenvalue weighted by atomic mass is 32.1. The van der Waals surface area contributed by atoms with Gasteiger partial charge in [-0.15, -0.1) is 11.3 Å². The molecule has 0 spiro atoms. The van der Waals surface area contributed by atoms with Crippen molar-refractivity contribution in [1.82, 2.24) is 14.5 Å². The molecule has 2 aliphatic heterocycles. The number of benzene rings is 1. The molecule has 90 valence electrons. The molecule has 7 heteroatoms. The Morgan fingerprint density at radius 3 is 2.83 bits per heavy atom. The lowest BCUT2D eigenvalue weighted by molar-refractivity contribution is 0.630. The molecule has 0 atom stereocenters. The maximum atomic E-state index is 13.1. The number of nitrogens with zero attached hydrogens (tertiary/aromatic N) is 3. The predicted molar refractivity (Wildman–Crippen MR) is 65.5 cm³/mol. The van der Waals surface area contributed by atoms with Crippen molar-refractivity contribution in [1.29, 1.82) is 0 Å². The monoisotopic (exact) mass is 263 g/mol. The molecule has 3 rings (SSSR count). The highest BCUT2D eigenvalue weighted by molar-refractivity contribution is 7.21. The lowest BCUT2D eigenvalue weighted by Gasteiger charge is -2.05. The standard InChI is InChI=1S/C11H6FN3O2S/c1-15-10(16)8-9(14-11(15)17)18-7-4-5(12)2-3-6(7)13-8/h2-4H,1H3. The van der Waals surface area contributed by atoms with E-state index in [1.807, 2.05) is 0 Å². The van der Waals surface area contributed by atoms with Crippen LogP contribution in [-0.2, 0) is 7.05 Å². The molecule has 2 heterocycles. The average molecular weight is 263 g/mol. The Labute approximate surface area is 104 Å². The van der Waals surface area contributed by atoms with Gasteiger partial charge in [-0.05, 0) is 18.2 Å². The van der Waals surface area contributed by atoms with Crippen LogP contribution in [0.1, 0.15) is 0 Å². The molecule has 5 nitrogen and oxygen atoms in total. The molecule has 0 unspecified atom stereocenters. The smallest absolute Gasteiger partial charge is 0.267 e. The first-order chi connectivity index (χ1) is 8.56. The fraction of sp³-hybridized carbons (Fsp3) is 0.0909. The van der Waals surface area contributed by atoms with Gasteiger partial charge in [0, 0.05) is 7.05 Å². The van der Waals surface area contributed by atoms with E-state index in [1.165, 1.54) is 25.2 Å². The van der Waals surface area contributed by atoms with Gasteiger partial charge >= 0.3 is 5.69 Å². The highest BCUT2D eigenvalue weighted by Crippen LogP contribution is 2.26. The van der Waals surface area contributed by atoms with Crippen LogP contribution in [0.5, 0.6) is 0 Å². The van der Waals surface area contributed by atoms with Gasteiger partial charge in [0.05, 0.1) is 10.2 Å². The van der Waals surface area contributed by atoms with Crippen molar-refractivity contribution >= 4 is 21.6 Å². The summed E-state index contributed by atoms with van der Waals surface area (Å²) < 4.78 is 14.5. The average Bonchev–Trinajstić information content (AvgIpc) is 2.34. The van der Waals surface area contributed by atoms with E-state index in [0.717, 1.165) is 15.9 Å². The van der Waals surface area contributed by atoms with Gasteiger partial charge in [0.15, 0.2) is 10.7 Å². The number of fused-ring (bicyclic) bond motifs is 2. The Hall–Kier alpha value is -2.15. The molecule has 18 heavy (non-hydrogen) atoms. The summed E-state index contributed by atoms with van der Waals surface area (Å²) in [6.45, 7) is 0. The topological polar surface area (TPSA) is 64.8 Å². The van der Waals surface area contributed by atoms with Gasteiger partial charge in [0.25, 0.3) is 5.56 Å². The van der Waals surface area contributed by atoms with Gasteiger partial charge in [-0.2, -0.15) is 4.98 Å². The van der Waals surface area contributed by atoms with Crippen LogP contribution in [0.3, 0.4) is 0 Å². The quantitative estimate of drug-likeness (QED) is 0.567. The first-order valence-electron chi connectivity index (χ1n) is 5.03. The van der Waals surface area contributed by atoms with Crippen LogP contribution < -0.4 is 11.2 Å². The van der Waals surface area contributed by atoms with Crippen molar-refractivity contribution in [3.63, 3.8) is 0 Å². The fourth-order valence-corrected chi connectivity index (χ4v) is 2.56. The molecule has 1 aromatic rings. The molecular formula is C11H6FN3O2S. The zero-order chi connectivity index (χ0) is 12.9. The molecule has 0 radical (unpaired) electrons. The van der Waals surface area contributed by atoms with Crippen LogP contribution in [0.2, 0.25) is 0 Å². The minimum absolute atomic E-state index is 0.126. The molecule has 2 aliphatic rings. The summed E-state index contributed by atoms with van der Waals surface area (Å²) >= 11 is 1.08. The lowest BCUT2D eigenvalue weighted by atomic mass is 10.3. The molecule has 1 aromatic carbocycles. The van der Waals surface area contributed by atoms with Crippen molar-refractivity contribution in [2.24, 2.45) is 7.05 Å². The van der Waals surface area contributed by atoms with Crippen molar-refractivity contribution < 1.29 is 4.39 Å². The van der Waals surface area contributed by atoms with Crippen LogP contribution in [-0.4, -0.2) is 14.5 Å². The lowest BCUT2D eigenvalue weighted by Crippen LogP contribution is -2.34. The van der Waals surface area contributed by atoms with E-state index in [0.29, 0.717) is 10.2 Å². The minimum atomic E-state index is -0.638. The number of hydrogen-bond acceptors (Lipinski definition) is 5. The third-order valence-electron chi connectivity index (χ3n) is 2.55. The molecule has 0 N–H and O–H groups in total. The van der Waals surface area contributed by atoms with Crippen molar-refractivity contribution in [3.8, 4) is 10.7 Å². The Morgan fingerprint density at radius 2 is 2.06 bits per heavy atom. The summed E-state index contributed by atoms with van der Waals surface area (Å²) in [6.07, 6.45) is 0. The van der Waals surface area contributed by atoms with Crippen molar-refractivity contribution in [2.75, 3.05) is 0 Å². The maximum absolute atomic E-state index is 13.1. The van der Waals surface area contributed by atoms with Gasteiger partial charge in [-0.25, -0.2) is 14.2 Å². The molecule has 0 amide bonds. The molecule has 0 saturated carbocycles. The largest absolute Gasteiger partial charge is 0.351 e.